The minimum absolute atomic E-state index is 0. The fraction of sp³-hybridized carbons (Fsp3) is 0.818. The van der Waals surface area contributed by atoms with Gasteiger partial charge in [0.2, 0.25) is 5.91 Å². The third kappa shape index (κ3) is 2.93. The van der Waals surface area contributed by atoms with E-state index < -0.39 is 11.6 Å². The minimum Gasteiger partial charge on any atom is -0.370 e. The van der Waals surface area contributed by atoms with Crippen molar-refractivity contribution in [3.8, 4) is 0 Å². The molecule has 0 aromatic rings. The lowest BCUT2D eigenvalue weighted by atomic mass is 9.97. The second-order valence-electron chi connectivity index (χ2n) is 4.74. The van der Waals surface area contributed by atoms with E-state index >= 15 is 0 Å². The zero-order valence-corrected chi connectivity index (χ0v) is 12.1. The first-order chi connectivity index (χ1) is 7.86. The van der Waals surface area contributed by atoms with E-state index in [1.54, 1.807) is 30.7 Å². The highest BCUT2D eigenvalue weighted by Gasteiger charge is 2.44. The van der Waals surface area contributed by atoms with Gasteiger partial charge < -0.3 is 20.3 Å². The van der Waals surface area contributed by atoms with Crippen molar-refractivity contribution in [2.75, 3.05) is 33.8 Å². The van der Waals surface area contributed by atoms with Crippen LogP contribution in [-0.4, -0.2) is 67.0 Å². The number of rotatable bonds is 3. The van der Waals surface area contributed by atoms with Crippen molar-refractivity contribution in [2.45, 2.75) is 25.5 Å². The van der Waals surface area contributed by atoms with E-state index in [0.29, 0.717) is 13.1 Å². The van der Waals surface area contributed by atoms with Crippen molar-refractivity contribution in [3.05, 3.63) is 0 Å². The van der Waals surface area contributed by atoms with Crippen LogP contribution in [0.2, 0.25) is 0 Å². The smallest absolute Gasteiger partial charge is 0.253 e. The van der Waals surface area contributed by atoms with E-state index in [1.807, 2.05) is 0 Å². The number of hydrogen-bond acceptors (Lipinski definition) is 4. The second kappa shape index (κ2) is 6.36. The Balaban J connectivity index is 0.00000289. The molecule has 1 unspecified atom stereocenters. The van der Waals surface area contributed by atoms with E-state index in [0.717, 1.165) is 0 Å². The Morgan fingerprint density at radius 3 is 2.50 bits per heavy atom. The van der Waals surface area contributed by atoms with Gasteiger partial charge in [0, 0.05) is 33.8 Å². The Kier molecular flexibility index (Phi) is 6.06. The summed E-state index contributed by atoms with van der Waals surface area (Å²) in [6.07, 6.45) is -0.675. The predicted molar refractivity (Wildman–Crippen MR) is 70.5 cm³/mol. The number of hydrogen-bond donors (Lipinski definition) is 1. The van der Waals surface area contributed by atoms with E-state index in [4.69, 9.17) is 10.5 Å². The van der Waals surface area contributed by atoms with E-state index in [2.05, 4.69) is 0 Å². The van der Waals surface area contributed by atoms with Crippen LogP contribution in [-0.2, 0) is 14.3 Å². The molecule has 0 spiro atoms. The van der Waals surface area contributed by atoms with E-state index in [-0.39, 0.29) is 30.8 Å². The van der Waals surface area contributed by atoms with Crippen LogP contribution >= 0.6 is 12.4 Å². The molecule has 0 aliphatic carbocycles. The highest BCUT2D eigenvalue weighted by Crippen LogP contribution is 2.22. The minimum atomic E-state index is -0.837. The molecule has 1 rings (SSSR count). The Hall–Kier alpha value is -0.850. The van der Waals surface area contributed by atoms with Gasteiger partial charge in [-0.2, -0.15) is 0 Å². The van der Waals surface area contributed by atoms with E-state index in [1.165, 1.54) is 7.11 Å². The van der Waals surface area contributed by atoms with Gasteiger partial charge in [-0.05, 0) is 13.8 Å². The molecule has 1 fully saturated rings. The number of carbonyl (C=O) groups excluding carboxylic acids is 2. The van der Waals surface area contributed by atoms with Crippen LogP contribution < -0.4 is 5.73 Å². The van der Waals surface area contributed by atoms with Gasteiger partial charge in [-0.1, -0.05) is 0 Å². The Morgan fingerprint density at radius 1 is 1.50 bits per heavy atom. The van der Waals surface area contributed by atoms with Gasteiger partial charge in [0.25, 0.3) is 5.91 Å². The molecule has 1 heterocycles. The Bertz CT molecular complexity index is 319. The van der Waals surface area contributed by atoms with Crippen molar-refractivity contribution in [1.29, 1.82) is 0 Å². The summed E-state index contributed by atoms with van der Waals surface area (Å²) in [4.78, 5) is 27.4. The number of nitrogens with zero attached hydrogens (tertiary/aromatic N) is 2. The molecular formula is C11H22ClN3O3. The monoisotopic (exact) mass is 279 g/mol. The van der Waals surface area contributed by atoms with Crippen molar-refractivity contribution >= 4 is 24.2 Å². The van der Waals surface area contributed by atoms with Gasteiger partial charge in [0.05, 0.1) is 0 Å². The third-order valence-corrected chi connectivity index (χ3v) is 3.24. The molecule has 1 saturated heterocycles. The normalized spacial score (nSPS) is 20.4. The topological polar surface area (TPSA) is 75.9 Å². The lowest BCUT2D eigenvalue weighted by Crippen LogP contribution is -2.65. The number of piperazine rings is 1. The molecule has 0 bridgehead atoms. The zero-order chi connectivity index (χ0) is 13.2. The van der Waals surface area contributed by atoms with Gasteiger partial charge in [0.15, 0.2) is 0 Å². The molecule has 18 heavy (non-hydrogen) atoms. The quantitative estimate of drug-likeness (QED) is 0.753. The zero-order valence-electron chi connectivity index (χ0n) is 11.3. The summed E-state index contributed by atoms with van der Waals surface area (Å²) < 4.78 is 5.03. The first kappa shape index (κ1) is 17.2. The standard InChI is InChI=1S/C11H21N3O3.ClH/c1-11(2)10(16)13(3)5-6-14(11)9(15)8(7-12)17-4;/h8H,5-7,12H2,1-4H3;1H. The highest BCUT2D eigenvalue weighted by atomic mass is 35.5. The molecule has 7 heteroatoms. The van der Waals surface area contributed by atoms with Crippen LogP contribution in [0.15, 0.2) is 0 Å². The summed E-state index contributed by atoms with van der Waals surface area (Å²) in [5.74, 6) is -0.287. The fourth-order valence-corrected chi connectivity index (χ4v) is 2.07. The molecule has 1 aliphatic rings. The molecule has 2 N–H and O–H groups in total. The van der Waals surface area contributed by atoms with Crippen LogP contribution in [0.4, 0.5) is 0 Å². The van der Waals surface area contributed by atoms with Gasteiger partial charge in [0.1, 0.15) is 11.6 Å². The summed E-state index contributed by atoms with van der Waals surface area (Å²) >= 11 is 0. The third-order valence-electron chi connectivity index (χ3n) is 3.24. The molecule has 1 aliphatic heterocycles. The van der Waals surface area contributed by atoms with Gasteiger partial charge in [-0.3, -0.25) is 9.59 Å². The van der Waals surface area contributed by atoms with Gasteiger partial charge in [-0.25, -0.2) is 0 Å². The molecule has 0 saturated carbocycles. The molecule has 106 valence electrons. The molecule has 6 nitrogen and oxygen atoms in total. The highest BCUT2D eigenvalue weighted by molar-refractivity contribution is 5.93. The lowest BCUT2D eigenvalue weighted by Gasteiger charge is -2.45. The summed E-state index contributed by atoms with van der Waals surface area (Å²) in [7, 11) is 3.18. The molecule has 0 radical (unpaired) electrons. The Morgan fingerprint density at radius 2 is 2.06 bits per heavy atom. The first-order valence-electron chi connectivity index (χ1n) is 5.66. The van der Waals surface area contributed by atoms with Crippen LogP contribution in [0.5, 0.6) is 0 Å². The molecule has 0 aromatic heterocycles. The Labute approximate surface area is 114 Å². The number of halogens is 1. The van der Waals surface area contributed by atoms with Gasteiger partial charge in [-0.15, -0.1) is 12.4 Å². The number of ether oxygens (including phenoxy) is 1. The number of nitrogens with two attached hydrogens (primary N) is 1. The lowest BCUT2D eigenvalue weighted by molar-refractivity contribution is -0.162. The van der Waals surface area contributed by atoms with Crippen LogP contribution in [0.3, 0.4) is 0 Å². The number of methoxy groups -OCH3 is 1. The number of likely N-dealkylation sites (N-methyl/N-ethyl adjacent to an activating group) is 1. The fourth-order valence-electron chi connectivity index (χ4n) is 2.07. The summed E-state index contributed by atoms with van der Waals surface area (Å²) in [6.45, 7) is 4.65. The summed E-state index contributed by atoms with van der Waals surface area (Å²) in [5.41, 5.74) is 4.64. The van der Waals surface area contributed by atoms with Crippen molar-refractivity contribution in [1.82, 2.24) is 9.80 Å². The van der Waals surface area contributed by atoms with Crippen LogP contribution in [0.25, 0.3) is 0 Å². The van der Waals surface area contributed by atoms with Crippen LogP contribution in [0, 0.1) is 0 Å². The number of carbonyl (C=O) groups is 2. The average molecular weight is 280 g/mol. The molecule has 1 atom stereocenters. The van der Waals surface area contributed by atoms with E-state index in [9.17, 15) is 9.59 Å². The average Bonchev–Trinajstić information content (AvgIpc) is 2.27. The summed E-state index contributed by atoms with van der Waals surface area (Å²) in [5, 5.41) is 0. The summed E-state index contributed by atoms with van der Waals surface area (Å²) in [6, 6.07) is 0. The first-order valence-corrected chi connectivity index (χ1v) is 5.66. The molecule has 0 aromatic carbocycles. The van der Waals surface area contributed by atoms with Crippen molar-refractivity contribution in [3.63, 3.8) is 0 Å². The van der Waals surface area contributed by atoms with Crippen molar-refractivity contribution in [2.24, 2.45) is 5.73 Å². The van der Waals surface area contributed by atoms with Crippen molar-refractivity contribution < 1.29 is 14.3 Å². The molecule has 2 amide bonds. The maximum atomic E-state index is 12.2. The second-order valence-corrected chi connectivity index (χ2v) is 4.74. The predicted octanol–water partition coefficient (Wildman–Crippen LogP) is -0.539. The van der Waals surface area contributed by atoms with Crippen LogP contribution in [0.1, 0.15) is 13.8 Å². The largest absolute Gasteiger partial charge is 0.370 e. The SMILES string of the molecule is COC(CN)C(=O)N1CCN(C)C(=O)C1(C)C.Cl. The maximum absolute atomic E-state index is 12.2. The number of amides is 2. The molecular weight excluding hydrogens is 258 g/mol. The van der Waals surface area contributed by atoms with Gasteiger partial charge >= 0.3 is 0 Å². The maximum Gasteiger partial charge on any atom is 0.253 e.